The maximum Gasteiger partial charge on any atom is 0.0431 e. The van der Waals surface area contributed by atoms with Gasteiger partial charge in [-0.1, -0.05) is 46.0 Å². The monoisotopic (exact) mass is 229 g/mol. The van der Waals surface area contributed by atoms with Crippen LogP contribution in [0.1, 0.15) is 71.6 Å². The molecule has 16 heavy (non-hydrogen) atoms. The first-order valence-corrected chi connectivity index (χ1v) is 7.19. The second kappa shape index (κ2) is 13.0. The summed E-state index contributed by atoms with van der Waals surface area (Å²) >= 11 is 0. The minimum absolute atomic E-state index is 0.350. The third-order valence-corrected chi connectivity index (χ3v) is 3.06. The summed E-state index contributed by atoms with van der Waals surface area (Å²) < 4.78 is 0. The lowest BCUT2D eigenvalue weighted by molar-refractivity contribution is 0.282. The Morgan fingerprint density at radius 2 is 1.62 bits per heavy atom. The second-order valence-electron chi connectivity index (χ2n) is 4.72. The zero-order chi connectivity index (χ0) is 12.1. The summed E-state index contributed by atoms with van der Waals surface area (Å²) in [5, 5.41) is 12.3. The van der Waals surface area contributed by atoms with Gasteiger partial charge in [0, 0.05) is 12.6 Å². The Labute approximate surface area is 102 Å². The molecule has 0 spiro atoms. The van der Waals surface area contributed by atoms with E-state index < -0.39 is 0 Å². The minimum atomic E-state index is 0.350. The van der Waals surface area contributed by atoms with E-state index >= 15 is 0 Å². The fourth-order valence-electron chi connectivity index (χ4n) is 2.04. The van der Waals surface area contributed by atoms with Gasteiger partial charge >= 0.3 is 0 Å². The Kier molecular flexibility index (Phi) is 12.9. The van der Waals surface area contributed by atoms with Crippen molar-refractivity contribution in [3.05, 3.63) is 0 Å². The number of unbranched alkanes of at least 4 members (excludes halogenated alkanes) is 4. The van der Waals surface area contributed by atoms with Crippen molar-refractivity contribution < 1.29 is 5.11 Å². The topological polar surface area (TPSA) is 32.3 Å². The quantitative estimate of drug-likeness (QED) is 0.502. The summed E-state index contributed by atoms with van der Waals surface area (Å²) in [7, 11) is 0. The van der Waals surface area contributed by atoms with Gasteiger partial charge in [-0.15, -0.1) is 0 Å². The fourth-order valence-corrected chi connectivity index (χ4v) is 2.04. The molecule has 0 amide bonds. The lowest BCUT2D eigenvalue weighted by Gasteiger charge is -2.17. The van der Waals surface area contributed by atoms with Crippen LogP contribution in [0.3, 0.4) is 0 Å². The maximum absolute atomic E-state index is 8.66. The number of nitrogens with one attached hydrogen (secondary N) is 1. The SMILES string of the molecule is CCCCC(CCC)NCCCCCCO. The molecule has 0 saturated carbocycles. The Morgan fingerprint density at radius 3 is 2.25 bits per heavy atom. The Morgan fingerprint density at radius 1 is 0.875 bits per heavy atom. The fraction of sp³-hybridized carbons (Fsp3) is 1.00. The van der Waals surface area contributed by atoms with E-state index in [9.17, 15) is 0 Å². The average molecular weight is 229 g/mol. The van der Waals surface area contributed by atoms with Gasteiger partial charge in [0.1, 0.15) is 0 Å². The minimum Gasteiger partial charge on any atom is -0.396 e. The average Bonchev–Trinajstić information content (AvgIpc) is 2.30. The summed E-state index contributed by atoms with van der Waals surface area (Å²) in [6.45, 7) is 6.03. The molecule has 0 aromatic rings. The molecule has 0 aliphatic carbocycles. The van der Waals surface area contributed by atoms with Gasteiger partial charge in [-0.05, 0) is 32.2 Å². The molecule has 0 fully saturated rings. The summed E-state index contributed by atoms with van der Waals surface area (Å²) in [6, 6.07) is 0.739. The molecule has 0 radical (unpaired) electrons. The summed E-state index contributed by atoms with van der Waals surface area (Å²) in [6.07, 6.45) is 11.2. The van der Waals surface area contributed by atoms with Crippen LogP contribution < -0.4 is 5.32 Å². The number of aliphatic hydroxyl groups is 1. The highest BCUT2D eigenvalue weighted by Gasteiger charge is 2.05. The smallest absolute Gasteiger partial charge is 0.0431 e. The third kappa shape index (κ3) is 10.4. The van der Waals surface area contributed by atoms with Gasteiger partial charge in [0.15, 0.2) is 0 Å². The molecule has 1 atom stereocenters. The summed E-state index contributed by atoms with van der Waals surface area (Å²) in [5.74, 6) is 0. The molecule has 0 aromatic carbocycles. The molecule has 1 unspecified atom stereocenters. The molecule has 0 aliphatic rings. The molecule has 2 heteroatoms. The second-order valence-corrected chi connectivity index (χ2v) is 4.72. The first kappa shape index (κ1) is 15.9. The molecule has 0 heterocycles. The lowest BCUT2D eigenvalue weighted by Crippen LogP contribution is -2.29. The van der Waals surface area contributed by atoms with Crippen molar-refractivity contribution in [1.82, 2.24) is 5.32 Å². The summed E-state index contributed by atoms with van der Waals surface area (Å²) in [4.78, 5) is 0. The predicted molar refractivity (Wildman–Crippen MR) is 71.8 cm³/mol. The van der Waals surface area contributed by atoms with Gasteiger partial charge in [-0.2, -0.15) is 0 Å². The standard InChI is InChI=1S/C14H31NO/c1-3-5-11-14(10-4-2)15-12-8-6-7-9-13-16/h14-16H,3-13H2,1-2H3. The largest absolute Gasteiger partial charge is 0.396 e. The molecule has 0 bridgehead atoms. The van der Waals surface area contributed by atoms with Gasteiger partial charge < -0.3 is 10.4 Å². The lowest BCUT2D eigenvalue weighted by atomic mass is 10.0. The molecular formula is C14H31NO. The molecule has 0 rings (SSSR count). The first-order valence-electron chi connectivity index (χ1n) is 7.19. The number of rotatable bonds is 12. The molecule has 0 aromatic heterocycles. The Hall–Kier alpha value is -0.0800. The highest BCUT2D eigenvalue weighted by molar-refractivity contribution is 4.66. The zero-order valence-electron chi connectivity index (χ0n) is 11.3. The van der Waals surface area contributed by atoms with E-state index in [1.54, 1.807) is 0 Å². The number of aliphatic hydroxyl groups excluding tert-OH is 1. The Balaban J connectivity index is 3.36. The van der Waals surface area contributed by atoms with Crippen LogP contribution in [0.25, 0.3) is 0 Å². The van der Waals surface area contributed by atoms with Gasteiger partial charge in [0.2, 0.25) is 0 Å². The van der Waals surface area contributed by atoms with Gasteiger partial charge in [-0.25, -0.2) is 0 Å². The van der Waals surface area contributed by atoms with E-state index in [0.29, 0.717) is 6.61 Å². The van der Waals surface area contributed by atoms with Gasteiger partial charge in [0.25, 0.3) is 0 Å². The molecule has 98 valence electrons. The van der Waals surface area contributed by atoms with Crippen molar-refractivity contribution in [2.45, 2.75) is 77.7 Å². The zero-order valence-corrected chi connectivity index (χ0v) is 11.3. The van der Waals surface area contributed by atoms with E-state index in [1.807, 2.05) is 0 Å². The van der Waals surface area contributed by atoms with Gasteiger partial charge in [-0.3, -0.25) is 0 Å². The van der Waals surface area contributed by atoms with Crippen molar-refractivity contribution in [2.75, 3.05) is 13.2 Å². The van der Waals surface area contributed by atoms with Crippen molar-refractivity contribution >= 4 is 0 Å². The maximum atomic E-state index is 8.66. The van der Waals surface area contributed by atoms with E-state index in [0.717, 1.165) is 19.0 Å². The van der Waals surface area contributed by atoms with E-state index in [2.05, 4.69) is 19.2 Å². The van der Waals surface area contributed by atoms with E-state index in [1.165, 1.54) is 51.4 Å². The van der Waals surface area contributed by atoms with Crippen LogP contribution >= 0.6 is 0 Å². The summed E-state index contributed by atoms with van der Waals surface area (Å²) in [5.41, 5.74) is 0. The van der Waals surface area contributed by atoms with Crippen LogP contribution in [0.4, 0.5) is 0 Å². The van der Waals surface area contributed by atoms with Crippen molar-refractivity contribution in [1.29, 1.82) is 0 Å². The number of hydrogen-bond donors (Lipinski definition) is 2. The molecule has 0 aliphatic heterocycles. The predicted octanol–water partition coefficient (Wildman–Crippen LogP) is 3.49. The molecule has 2 nitrogen and oxygen atoms in total. The Bertz CT molecular complexity index is 128. The van der Waals surface area contributed by atoms with Crippen LogP contribution in [0.5, 0.6) is 0 Å². The van der Waals surface area contributed by atoms with Crippen LogP contribution in [0.2, 0.25) is 0 Å². The van der Waals surface area contributed by atoms with Crippen LogP contribution in [-0.2, 0) is 0 Å². The van der Waals surface area contributed by atoms with Crippen LogP contribution in [0.15, 0.2) is 0 Å². The number of hydrogen-bond acceptors (Lipinski definition) is 2. The van der Waals surface area contributed by atoms with Crippen molar-refractivity contribution in [3.8, 4) is 0 Å². The third-order valence-electron chi connectivity index (χ3n) is 3.06. The highest BCUT2D eigenvalue weighted by atomic mass is 16.2. The van der Waals surface area contributed by atoms with Crippen LogP contribution in [0, 0.1) is 0 Å². The van der Waals surface area contributed by atoms with Crippen molar-refractivity contribution in [2.24, 2.45) is 0 Å². The highest BCUT2D eigenvalue weighted by Crippen LogP contribution is 2.07. The van der Waals surface area contributed by atoms with Crippen molar-refractivity contribution in [3.63, 3.8) is 0 Å². The molecule has 2 N–H and O–H groups in total. The van der Waals surface area contributed by atoms with E-state index in [4.69, 9.17) is 5.11 Å². The molecular weight excluding hydrogens is 198 g/mol. The first-order chi connectivity index (χ1) is 7.85. The normalized spacial score (nSPS) is 12.9. The van der Waals surface area contributed by atoms with E-state index in [-0.39, 0.29) is 0 Å². The van der Waals surface area contributed by atoms with Crippen LogP contribution in [-0.4, -0.2) is 24.3 Å². The van der Waals surface area contributed by atoms with Gasteiger partial charge in [0.05, 0.1) is 0 Å². The molecule has 0 saturated heterocycles.